The van der Waals surface area contributed by atoms with Crippen molar-refractivity contribution in [2.75, 3.05) is 21.3 Å². The summed E-state index contributed by atoms with van der Waals surface area (Å²) in [6, 6.07) is 4.69. The minimum atomic E-state index is -3.66. The van der Waals surface area contributed by atoms with E-state index >= 15 is 0 Å². The van der Waals surface area contributed by atoms with Gasteiger partial charge in [0.25, 0.3) is 0 Å². The number of rotatable bonds is 4. The van der Waals surface area contributed by atoms with Crippen LogP contribution in [0.4, 0.5) is 0 Å². The zero-order chi connectivity index (χ0) is 14.9. The first-order valence-corrected chi connectivity index (χ1v) is 7.82. The molecule has 0 saturated carbocycles. The highest BCUT2D eigenvalue weighted by Crippen LogP contribution is 2.44. The van der Waals surface area contributed by atoms with Gasteiger partial charge in [-0.05, 0) is 28.1 Å². The summed E-state index contributed by atoms with van der Waals surface area (Å²) in [7, 11) is 0.253. The molecule has 1 aromatic carbocycles. The predicted octanol–water partition coefficient (Wildman–Crippen LogP) is 2.68. The first-order valence-electron chi connectivity index (χ1n) is 5.48. The largest absolute Gasteiger partial charge is 0.495 e. The van der Waals surface area contributed by atoms with Gasteiger partial charge in [0.15, 0.2) is 5.30 Å². The first kappa shape index (κ1) is 15.3. The van der Waals surface area contributed by atoms with Crippen molar-refractivity contribution in [2.45, 2.75) is 0 Å². The smallest absolute Gasteiger partial charge is 0.368 e. The van der Waals surface area contributed by atoms with Crippen LogP contribution in [0.1, 0.15) is 0 Å². The zero-order valence-electron chi connectivity index (χ0n) is 11.0. The summed E-state index contributed by atoms with van der Waals surface area (Å²) in [5, 5.41) is 0.425. The highest BCUT2D eigenvalue weighted by atomic mass is 79.9. The lowest BCUT2D eigenvalue weighted by Gasteiger charge is -2.13. The fraction of sp³-hybridized carbons (Fsp3) is 0.250. The molecule has 0 bridgehead atoms. The number of hydrogen-bond acceptors (Lipinski definition) is 6. The molecule has 0 saturated heterocycles. The molecule has 0 spiro atoms. The molecule has 0 atom stereocenters. The van der Waals surface area contributed by atoms with Gasteiger partial charge in [-0.2, -0.15) is 0 Å². The molecule has 108 valence electrons. The van der Waals surface area contributed by atoms with E-state index < -0.39 is 13.2 Å². The third-order valence-corrected chi connectivity index (χ3v) is 5.25. The molecule has 0 unspecified atom stereocenters. The molecule has 0 aliphatic heterocycles. The zero-order valence-corrected chi connectivity index (χ0v) is 13.5. The maximum Gasteiger partial charge on any atom is 0.368 e. The van der Waals surface area contributed by atoms with Gasteiger partial charge in [0.2, 0.25) is 0 Å². The van der Waals surface area contributed by atoms with Crippen LogP contribution < -0.4 is 15.7 Å². The van der Waals surface area contributed by atoms with E-state index in [2.05, 4.69) is 15.9 Å². The van der Waals surface area contributed by atoms with Gasteiger partial charge >= 0.3 is 13.2 Å². The fourth-order valence-electron chi connectivity index (χ4n) is 1.73. The molecule has 0 radical (unpaired) electrons. The van der Waals surface area contributed by atoms with E-state index in [-0.39, 0.29) is 5.30 Å². The lowest BCUT2D eigenvalue weighted by Crippen LogP contribution is -2.25. The van der Waals surface area contributed by atoms with Crippen molar-refractivity contribution >= 4 is 39.8 Å². The third-order valence-electron chi connectivity index (χ3n) is 2.76. The Kier molecular flexibility index (Phi) is 4.34. The van der Waals surface area contributed by atoms with Crippen LogP contribution in [0.5, 0.6) is 5.75 Å². The standard InChI is InChI=1S/C12H12BrO6P/c1-16-10-6-9-7(4-8(10)13)5-11(12(14)19-9)20(15,17-2)18-3/h4-6H,1-3H3. The van der Waals surface area contributed by atoms with E-state index in [0.29, 0.717) is 21.2 Å². The molecule has 0 fully saturated rings. The Morgan fingerprint density at radius 3 is 2.35 bits per heavy atom. The van der Waals surface area contributed by atoms with Crippen LogP contribution in [0.3, 0.4) is 0 Å². The summed E-state index contributed by atoms with van der Waals surface area (Å²) >= 11 is 3.33. The van der Waals surface area contributed by atoms with Crippen LogP contribution in [0.25, 0.3) is 11.0 Å². The summed E-state index contributed by atoms with van der Waals surface area (Å²) in [6.07, 6.45) is 0. The Hall–Kier alpha value is -1.14. The third kappa shape index (κ3) is 2.54. The van der Waals surface area contributed by atoms with Gasteiger partial charge in [0.1, 0.15) is 11.3 Å². The maximum atomic E-state index is 12.3. The molecule has 0 aliphatic rings. The molecule has 2 aromatic rings. The van der Waals surface area contributed by atoms with Crippen LogP contribution >= 0.6 is 23.5 Å². The molecule has 1 aromatic heterocycles. The Bertz CT molecular complexity index is 745. The molecular formula is C12H12BrO6P. The quantitative estimate of drug-likeness (QED) is 0.614. The van der Waals surface area contributed by atoms with E-state index in [1.54, 1.807) is 12.1 Å². The molecule has 8 heteroatoms. The van der Waals surface area contributed by atoms with Crippen molar-refractivity contribution in [2.24, 2.45) is 0 Å². The summed E-state index contributed by atoms with van der Waals surface area (Å²) in [6.45, 7) is 0. The predicted molar refractivity (Wildman–Crippen MR) is 78.0 cm³/mol. The molecule has 2 rings (SSSR count). The highest BCUT2D eigenvalue weighted by Gasteiger charge is 2.29. The molecule has 20 heavy (non-hydrogen) atoms. The average molecular weight is 363 g/mol. The summed E-state index contributed by atoms with van der Waals surface area (Å²) in [5.41, 5.74) is -0.452. The first-order chi connectivity index (χ1) is 9.45. The number of benzene rings is 1. The lowest BCUT2D eigenvalue weighted by atomic mass is 10.2. The summed E-state index contributed by atoms with van der Waals surface area (Å²) in [5.74, 6) is 0.523. The SMILES string of the molecule is COc1cc2oc(=O)c(P(=O)(OC)OC)cc2cc1Br. The van der Waals surface area contributed by atoms with E-state index in [1.165, 1.54) is 27.4 Å². The van der Waals surface area contributed by atoms with Crippen molar-refractivity contribution in [3.8, 4) is 5.75 Å². The molecule has 0 amide bonds. The Morgan fingerprint density at radius 1 is 1.15 bits per heavy atom. The van der Waals surface area contributed by atoms with Gasteiger partial charge in [-0.15, -0.1) is 0 Å². The van der Waals surface area contributed by atoms with Crippen LogP contribution in [0.15, 0.2) is 31.9 Å². The number of methoxy groups -OCH3 is 1. The lowest BCUT2D eigenvalue weighted by molar-refractivity contribution is 0.286. The van der Waals surface area contributed by atoms with E-state index in [9.17, 15) is 9.36 Å². The van der Waals surface area contributed by atoms with Crippen LogP contribution in [0, 0.1) is 0 Å². The van der Waals surface area contributed by atoms with Crippen molar-refractivity contribution in [1.82, 2.24) is 0 Å². The number of hydrogen-bond donors (Lipinski definition) is 0. The van der Waals surface area contributed by atoms with E-state index in [4.69, 9.17) is 18.2 Å². The Balaban J connectivity index is 2.76. The molecule has 0 N–H and O–H groups in total. The second kappa shape index (κ2) is 5.69. The Labute approximate surface area is 123 Å². The molecule has 1 heterocycles. The van der Waals surface area contributed by atoms with Crippen LogP contribution in [-0.2, 0) is 13.6 Å². The second-order valence-electron chi connectivity index (χ2n) is 3.81. The van der Waals surface area contributed by atoms with E-state index in [0.717, 1.165) is 0 Å². The van der Waals surface area contributed by atoms with Crippen molar-refractivity contribution in [3.05, 3.63) is 33.1 Å². The van der Waals surface area contributed by atoms with E-state index in [1.807, 2.05) is 0 Å². The van der Waals surface area contributed by atoms with Gasteiger partial charge in [-0.25, -0.2) is 4.79 Å². The topological polar surface area (TPSA) is 75.0 Å². The maximum absolute atomic E-state index is 12.3. The van der Waals surface area contributed by atoms with Gasteiger partial charge in [0.05, 0.1) is 11.6 Å². The normalized spacial score (nSPS) is 11.8. The number of halogens is 1. The van der Waals surface area contributed by atoms with Crippen molar-refractivity contribution < 1.29 is 22.8 Å². The van der Waals surface area contributed by atoms with Gasteiger partial charge in [-0.1, -0.05) is 0 Å². The van der Waals surface area contributed by atoms with Crippen molar-refractivity contribution in [1.29, 1.82) is 0 Å². The van der Waals surface area contributed by atoms with Crippen molar-refractivity contribution in [3.63, 3.8) is 0 Å². The Morgan fingerprint density at radius 2 is 1.80 bits per heavy atom. The van der Waals surface area contributed by atoms with Crippen LogP contribution in [-0.4, -0.2) is 21.3 Å². The summed E-state index contributed by atoms with van der Waals surface area (Å²) in [4.78, 5) is 11.9. The highest BCUT2D eigenvalue weighted by molar-refractivity contribution is 9.10. The number of ether oxygens (including phenoxy) is 1. The minimum Gasteiger partial charge on any atom is -0.495 e. The van der Waals surface area contributed by atoms with Gasteiger partial charge in [0, 0.05) is 25.7 Å². The molecule has 6 nitrogen and oxygen atoms in total. The molecular weight excluding hydrogens is 351 g/mol. The minimum absolute atomic E-state index is 0.146. The fourth-order valence-corrected chi connectivity index (χ4v) is 3.36. The summed E-state index contributed by atoms with van der Waals surface area (Å²) < 4.78 is 32.9. The average Bonchev–Trinajstić information content (AvgIpc) is 2.45. The molecule has 0 aliphatic carbocycles. The van der Waals surface area contributed by atoms with Crippen LogP contribution in [0.2, 0.25) is 0 Å². The van der Waals surface area contributed by atoms with Gasteiger partial charge in [-0.3, -0.25) is 4.57 Å². The monoisotopic (exact) mass is 362 g/mol. The number of fused-ring (bicyclic) bond motifs is 1. The van der Waals surface area contributed by atoms with Gasteiger partial charge < -0.3 is 18.2 Å². The second-order valence-corrected chi connectivity index (χ2v) is 6.87.